The first kappa shape index (κ1) is 19.5. The van der Waals surface area contributed by atoms with E-state index in [0.29, 0.717) is 11.1 Å². The van der Waals surface area contributed by atoms with Gasteiger partial charge in [0.05, 0.1) is 0 Å². The van der Waals surface area contributed by atoms with Gasteiger partial charge in [0.1, 0.15) is 0 Å². The Morgan fingerprint density at radius 1 is 0.760 bits per heavy atom. The van der Waals surface area contributed by atoms with Gasteiger partial charge in [-0.2, -0.15) is 0 Å². The van der Waals surface area contributed by atoms with Crippen LogP contribution in [0.5, 0.6) is 0 Å². The zero-order valence-corrected chi connectivity index (χ0v) is 17.3. The molecule has 3 heteroatoms. The van der Waals surface area contributed by atoms with Gasteiger partial charge in [-0.3, -0.25) is 0 Å². The summed E-state index contributed by atoms with van der Waals surface area (Å²) in [5.74, 6) is 0. The van der Waals surface area contributed by atoms with Crippen LogP contribution in [-0.2, 0) is 0 Å². The molecular formula is C22H31NOSi. The summed E-state index contributed by atoms with van der Waals surface area (Å²) in [7, 11) is 1.66. The summed E-state index contributed by atoms with van der Waals surface area (Å²) < 4.78 is 0. The molecule has 0 aliphatic rings. The molecule has 2 nitrogen and oxygen atoms in total. The maximum absolute atomic E-state index is 11.2. The molecular weight excluding hydrogens is 322 g/mol. The molecule has 0 aliphatic heterocycles. The highest BCUT2D eigenvalue weighted by atomic mass is 28.4. The third-order valence-electron chi connectivity index (χ3n) is 5.01. The first-order chi connectivity index (χ1) is 11.7. The molecule has 2 rings (SSSR count). The molecule has 2 aromatic carbocycles. The molecule has 25 heavy (non-hydrogen) atoms. The molecule has 0 spiro atoms. The molecule has 2 aromatic rings. The number of anilines is 1. The molecule has 0 fully saturated rings. The summed E-state index contributed by atoms with van der Waals surface area (Å²) in [6.07, 6.45) is 4.25. The maximum Gasteiger partial charge on any atom is 0.225 e. The molecule has 0 saturated heterocycles. The standard InChI is InChI=1S/C22H31NOSi/c1-17(2)25(24,18(3)4)22-15-11-20(12-16-22)8-7-19-9-13-21(14-10-19)23(5)6/h7-18,24H,1-6H3/b8-7+. The van der Waals surface area contributed by atoms with Gasteiger partial charge in [0.25, 0.3) is 0 Å². The highest BCUT2D eigenvalue weighted by Gasteiger charge is 2.40. The Kier molecular flexibility index (Phi) is 6.25. The SMILES string of the molecule is CC(C)[Si](O)(c1ccc(/C=C/c2ccc(N(C)C)cc2)cc1)C(C)C. The molecule has 134 valence electrons. The number of hydrogen-bond acceptors (Lipinski definition) is 2. The minimum absolute atomic E-state index is 0.309. The van der Waals surface area contributed by atoms with E-state index < -0.39 is 8.32 Å². The fraction of sp³-hybridized carbons (Fsp3) is 0.364. The molecule has 0 amide bonds. The normalized spacial score (nSPS) is 12.4. The lowest BCUT2D eigenvalue weighted by molar-refractivity contribution is 0.513. The average Bonchev–Trinajstić information content (AvgIpc) is 2.59. The van der Waals surface area contributed by atoms with Crippen LogP contribution in [0.1, 0.15) is 38.8 Å². The Morgan fingerprint density at radius 3 is 1.52 bits per heavy atom. The molecule has 0 aromatic heterocycles. The van der Waals surface area contributed by atoms with Crippen LogP contribution in [0, 0.1) is 0 Å². The van der Waals surface area contributed by atoms with E-state index in [1.165, 1.54) is 11.3 Å². The smallest absolute Gasteiger partial charge is 0.225 e. The van der Waals surface area contributed by atoms with Crippen molar-refractivity contribution >= 4 is 31.3 Å². The first-order valence-electron chi connectivity index (χ1n) is 9.03. The van der Waals surface area contributed by atoms with E-state index >= 15 is 0 Å². The first-order valence-corrected chi connectivity index (χ1v) is 11.1. The summed E-state index contributed by atoms with van der Waals surface area (Å²) >= 11 is 0. The Labute approximate surface area is 154 Å². The fourth-order valence-corrected chi connectivity index (χ4v) is 6.64. The van der Waals surface area contributed by atoms with Crippen LogP contribution in [0.25, 0.3) is 12.2 Å². The van der Waals surface area contributed by atoms with Gasteiger partial charge in [-0.05, 0) is 39.5 Å². The summed E-state index contributed by atoms with van der Waals surface area (Å²) in [4.78, 5) is 13.3. The molecule has 0 unspecified atom stereocenters. The monoisotopic (exact) mass is 353 g/mol. The van der Waals surface area contributed by atoms with Crippen molar-refractivity contribution in [3.8, 4) is 0 Å². The van der Waals surface area contributed by atoms with Gasteiger partial charge in [-0.25, -0.2) is 0 Å². The third-order valence-corrected chi connectivity index (χ3v) is 9.79. The zero-order chi connectivity index (χ0) is 18.6. The predicted octanol–water partition coefficient (Wildman–Crippen LogP) is 4.89. The van der Waals surface area contributed by atoms with Crippen molar-refractivity contribution in [2.45, 2.75) is 38.8 Å². The van der Waals surface area contributed by atoms with Gasteiger partial charge in [0, 0.05) is 19.8 Å². The maximum atomic E-state index is 11.2. The average molecular weight is 354 g/mol. The van der Waals surface area contributed by atoms with Crippen LogP contribution in [0.4, 0.5) is 5.69 Å². The number of hydrogen-bond donors (Lipinski definition) is 1. The molecule has 0 saturated carbocycles. The van der Waals surface area contributed by atoms with Crippen LogP contribution < -0.4 is 10.1 Å². The van der Waals surface area contributed by atoms with E-state index in [1.54, 1.807) is 0 Å². The summed E-state index contributed by atoms with van der Waals surface area (Å²) in [5, 5.41) is 1.13. The van der Waals surface area contributed by atoms with Crippen molar-refractivity contribution in [2.75, 3.05) is 19.0 Å². The lowest BCUT2D eigenvalue weighted by Crippen LogP contribution is -2.53. The van der Waals surface area contributed by atoms with Gasteiger partial charge in [-0.1, -0.05) is 76.2 Å². The minimum Gasteiger partial charge on any atom is -0.427 e. The van der Waals surface area contributed by atoms with Crippen LogP contribution in [-0.4, -0.2) is 27.2 Å². The van der Waals surface area contributed by atoms with E-state index in [4.69, 9.17) is 0 Å². The van der Waals surface area contributed by atoms with E-state index in [-0.39, 0.29) is 0 Å². The molecule has 0 atom stereocenters. The van der Waals surface area contributed by atoms with E-state index in [2.05, 4.69) is 93.3 Å². The van der Waals surface area contributed by atoms with E-state index in [9.17, 15) is 4.80 Å². The van der Waals surface area contributed by atoms with Crippen molar-refractivity contribution < 1.29 is 4.80 Å². The topological polar surface area (TPSA) is 23.5 Å². The van der Waals surface area contributed by atoms with Crippen LogP contribution >= 0.6 is 0 Å². The molecule has 0 heterocycles. The Morgan fingerprint density at radius 2 is 1.16 bits per heavy atom. The summed E-state index contributed by atoms with van der Waals surface area (Å²) in [6.45, 7) is 8.55. The van der Waals surface area contributed by atoms with Gasteiger partial charge < -0.3 is 9.70 Å². The second kappa shape index (κ2) is 8.02. The Hall–Kier alpha value is -1.84. The summed E-state index contributed by atoms with van der Waals surface area (Å²) in [5.41, 5.74) is 4.16. The zero-order valence-electron chi connectivity index (χ0n) is 16.3. The van der Waals surface area contributed by atoms with Gasteiger partial charge >= 0.3 is 0 Å². The molecule has 1 N–H and O–H groups in total. The van der Waals surface area contributed by atoms with E-state index in [1.807, 2.05) is 14.1 Å². The van der Waals surface area contributed by atoms with Crippen LogP contribution in [0.3, 0.4) is 0 Å². The highest BCUT2D eigenvalue weighted by molar-refractivity contribution is 6.87. The predicted molar refractivity (Wildman–Crippen MR) is 114 cm³/mol. The molecule has 0 bridgehead atoms. The highest BCUT2D eigenvalue weighted by Crippen LogP contribution is 2.29. The number of rotatable bonds is 6. The van der Waals surface area contributed by atoms with Crippen molar-refractivity contribution in [3.05, 3.63) is 59.7 Å². The second-order valence-electron chi connectivity index (χ2n) is 7.58. The van der Waals surface area contributed by atoms with Crippen molar-refractivity contribution in [1.82, 2.24) is 0 Å². The van der Waals surface area contributed by atoms with Gasteiger partial charge in [0.15, 0.2) is 0 Å². The van der Waals surface area contributed by atoms with Gasteiger partial charge in [-0.15, -0.1) is 0 Å². The molecule has 0 radical (unpaired) electrons. The van der Waals surface area contributed by atoms with Crippen LogP contribution in [0.15, 0.2) is 48.5 Å². The lowest BCUT2D eigenvalue weighted by Gasteiger charge is -2.33. The van der Waals surface area contributed by atoms with Crippen molar-refractivity contribution in [1.29, 1.82) is 0 Å². The summed E-state index contributed by atoms with van der Waals surface area (Å²) in [6, 6.07) is 17.0. The van der Waals surface area contributed by atoms with Gasteiger partial charge in [0.2, 0.25) is 8.32 Å². The Balaban J connectivity index is 2.17. The quantitative estimate of drug-likeness (QED) is 0.590. The third kappa shape index (κ3) is 4.41. The Bertz CT molecular complexity index is 692. The van der Waals surface area contributed by atoms with Crippen molar-refractivity contribution in [2.24, 2.45) is 0 Å². The molecule has 0 aliphatic carbocycles. The minimum atomic E-state index is -2.44. The number of benzene rings is 2. The fourth-order valence-electron chi connectivity index (χ4n) is 3.27. The second-order valence-corrected chi connectivity index (χ2v) is 12.1. The van der Waals surface area contributed by atoms with E-state index in [0.717, 1.165) is 10.8 Å². The van der Waals surface area contributed by atoms with Crippen molar-refractivity contribution in [3.63, 3.8) is 0 Å². The lowest BCUT2D eigenvalue weighted by atomic mass is 10.1. The number of nitrogens with zero attached hydrogens (tertiary/aromatic N) is 1. The van der Waals surface area contributed by atoms with Crippen LogP contribution in [0.2, 0.25) is 11.1 Å². The largest absolute Gasteiger partial charge is 0.427 e.